The van der Waals surface area contributed by atoms with Crippen LogP contribution in [-0.4, -0.2) is 29.3 Å². The number of anilines is 1. The van der Waals surface area contributed by atoms with Gasteiger partial charge in [0.2, 0.25) is 5.13 Å². The van der Waals surface area contributed by atoms with Gasteiger partial charge in [-0.05, 0) is 12.5 Å². The van der Waals surface area contributed by atoms with Gasteiger partial charge in [0.25, 0.3) is 5.91 Å². The van der Waals surface area contributed by atoms with E-state index in [1.807, 2.05) is 37.3 Å². The van der Waals surface area contributed by atoms with Crippen molar-refractivity contribution in [3.63, 3.8) is 0 Å². The van der Waals surface area contributed by atoms with Gasteiger partial charge < -0.3 is 4.74 Å². The van der Waals surface area contributed by atoms with Crippen LogP contribution >= 0.6 is 23.7 Å². The summed E-state index contributed by atoms with van der Waals surface area (Å²) in [4.78, 5) is 11.4. The summed E-state index contributed by atoms with van der Waals surface area (Å²) < 4.78 is 5.01. The Labute approximate surface area is 127 Å². The van der Waals surface area contributed by atoms with Crippen LogP contribution in [0.2, 0.25) is 0 Å². The second-order valence-electron chi connectivity index (χ2n) is 3.85. The van der Waals surface area contributed by atoms with E-state index in [0.717, 1.165) is 11.4 Å². The highest BCUT2D eigenvalue weighted by Gasteiger charge is 2.08. The van der Waals surface area contributed by atoms with E-state index in [9.17, 15) is 4.79 Å². The molecular weight excluding hydrogens is 298 g/mol. The molecule has 0 bridgehead atoms. The first-order valence-corrected chi connectivity index (χ1v) is 6.83. The van der Waals surface area contributed by atoms with E-state index in [1.165, 1.54) is 16.9 Å². The summed E-state index contributed by atoms with van der Waals surface area (Å²) in [6.07, 6.45) is 0.722. The number of benzene rings is 1. The first kappa shape index (κ1) is 16.6. The van der Waals surface area contributed by atoms with Gasteiger partial charge >= 0.3 is 0 Å². The maximum Gasteiger partial charge on any atom is 0.252 e. The molecule has 0 aliphatic carbocycles. The Hall–Kier alpha value is -1.50. The highest BCUT2D eigenvalue weighted by molar-refractivity contribution is 7.15. The van der Waals surface area contributed by atoms with Crippen molar-refractivity contribution in [1.82, 2.24) is 10.2 Å². The van der Waals surface area contributed by atoms with Crippen molar-refractivity contribution in [3.8, 4) is 0 Å². The van der Waals surface area contributed by atoms with Crippen molar-refractivity contribution in [2.45, 2.75) is 13.3 Å². The summed E-state index contributed by atoms with van der Waals surface area (Å²) in [6.45, 7) is 2.41. The molecule has 0 saturated carbocycles. The first-order chi connectivity index (χ1) is 9.28. The third-order valence-corrected chi connectivity index (χ3v) is 3.19. The standard InChI is InChI=1S/C13H15N3O2S.ClH/c1-2-18-9-11(17)14-13-16-15-12(19-13)8-10-6-4-3-5-7-10;/h3-7H,2,8-9H2,1H3,(H,14,16,17);1H. The fraction of sp³-hybridized carbons (Fsp3) is 0.308. The van der Waals surface area contributed by atoms with Gasteiger partial charge in [0, 0.05) is 13.0 Å². The monoisotopic (exact) mass is 313 g/mol. The van der Waals surface area contributed by atoms with Gasteiger partial charge in [0.15, 0.2) is 0 Å². The summed E-state index contributed by atoms with van der Waals surface area (Å²) in [5.74, 6) is -0.204. The number of amides is 1. The lowest BCUT2D eigenvalue weighted by atomic mass is 10.2. The molecule has 0 fully saturated rings. The minimum Gasteiger partial charge on any atom is -0.372 e. The Morgan fingerprint density at radius 1 is 1.30 bits per heavy atom. The van der Waals surface area contributed by atoms with E-state index in [4.69, 9.17) is 4.74 Å². The second-order valence-corrected chi connectivity index (χ2v) is 4.91. The molecule has 0 aliphatic heterocycles. The molecule has 108 valence electrons. The molecule has 1 heterocycles. The molecule has 0 radical (unpaired) electrons. The molecule has 0 saturated heterocycles. The second kappa shape index (κ2) is 8.63. The average Bonchev–Trinajstić information content (AvgIpc) is 2.85. The maximum atomic E-state index is 11.4. The smallest absolute Gasteiger partial charge is 0.252 e. The van der Waals surface area contributed by atoms with Crippen LogP contribution in [0.4, 0.5) is 5.13 Å². The van der Waals surface area contributed by atoms with Crippen LogP contribution in [0, 0.1) is 0 Å². The lowest BCUT2D eigenvalue weighted by molar-refractivity contribution is -0.120. The SMILES string of the molecule is CCOCC(=O)Nc1nnc(Cc2ccccc2)s1.Cl. The Balaban J connectivity index is 0.00000200. The quantitative estimate of drug-likeness (QED) is 0.890. The van der Waals surface area contributed by atoms with E-state index in [2.05, 4.69) is 15.5 Å². The number of carbonyl (C=O) groups is 1. The predicted octanol–water partition coefficient (Wildman–Crippen LogP) is 2.53. The molecule has 2 rings (SSSR count). The van der Waals surface area contributed by atoms with Crippen LogP contribution in [0.3, 0.4) is 0 Å². The summed E-state index contributed by atoms with van der Waals surface area (Å²) in [5, 5.41) is 12.0. The van der Waals surface area contributed by atoms with E-state index in [1.54, 1.807) is 0 Å². The minimum absolute atomic E-state index is 0. The first-order valence-electron chi connectivity index (χ1n) is 6.02. The van der Waals surface area contributed by atoms with Crippen LogP contribution in [0.5, 0.6) is 0 Å². The molecule has 1 aromatic carbocycles. The van der Waals surface area contributed by atoms with Crippen molar-refractivity contribution in [3.05, 3.63) is 40.9 Å². The Bertz CT molecular complexity index is 533. The molecule has 1 aromatic heterocycles. The summed E-state index contributed by atoms with van der Waals surface area (Å²) in [5.41, 5.74) is 1.17. The fourth-order valence-corrected chi connectivity index (χ4v) is 2.29. The Morgan fingerprint density at radius 3 is 2.75 bits per heavy atom. The molecule has 1 N–H and O–H groups in total. The summed E-state index contributed by atoms with van der Waals surface area (Å²) >= 11 is 1.38. The van der Waals surface area contributed by atoms with Gasteiger partial charge in [-0.2, -0.15) is 0 Å². The topological polar surface area (TPSA) is 64.1 Å². The highest BCUT2D eigenvalue weighted by Crippen LogP contribution is 2.18. The largest absolute Gasteiger partial charge is 0.372 e. The van der Waals surface area contributed by atoms with Gasteiger partial charge in [-0.1, -0.05) is 41.7 Å². The van der Waals surface area contributed by atoms with E-state index in [0.29, 0.717) is 11.7 Å². The number of nitrogens with one attached hydrogen (secondary N) is 1. The van der Waals surface area contributed by atoms with Crippen molar-refractivity contribution in [2.75, 3.05) is 18.5 Å². The lowest BCUT2D eigenvalue weighted by Crippen LogP contribution is -2.17. The van der Waals surface area contributed by atoms with Crippen LogP contribution < -0.4 is 5.32 Å². The van der Waals surface area contributed by atoms with Crippen molar-refractivity contribution >= 4 is 34.8 Å². The summed E-state index contributed by atoms with van der Waals surface area (Å²) in [7, 11) is 0. The number of nitrogens with zero attached hydrogens (tertiary/aromatic N) is 2. The third kappa shape index (κ3) is 5.24. The van der Waals surface area contributed by atoms with E-state index < -0.39 is 0 Å². The molecule has 5 nitrogen and oxygen atoms in total. The number of hydrogen-bond donors (Lipinski definition) is 1. The van der Waals surface area contributed by atoms with E-state index >= 15 is 0 Å². The zero-order valence-electron chi connectivity index (χ0n) is 11.0. The number of carbonyl (C=O) groups excluding carboxylic acids is 1. The number of rotatable bonds is 6. The number of hydrogen-bond acceptors (Lipinski definition) is 5. The molecule has 0 unspecified atom stereocenters. The van der Waals surface area contributed by atoms with Gasteiger partial charge in [0.05, 0.1) is 0 Å². The number of halogens is 1. The molecule has 0 aliphatic rings. The van der Waals surface area contributed by atoms with Gasteiger partial charge in [-0.25, -0.2) is 0 Å². The number of ether oxygens (including phenoxy) is 1. The van der Waals surface area contributed by atoms with Crippen LogP contribution in [-0.2, 0) is 16.0 Å². The van der Waals surface area contributed by atoms with Gasteiger partial charge in [-0.3, -0.25) is 10.1 Å². The van der Waals surface area contributed by atoms with Crippen molar-refractivity contribution < 1.29 is 9.53 Å². The minimum atomic E-state index is -0.204. The highest BCUT2D eigenvalue weighted by atomic mass is 35.5. The van der Waals surface area contributed by atoms with Crippen LogP contribution in [0.15, 0.2) is 30.3 Å². The van der Waals surface area contributed by atoms with Crippen molar-refractivity contribution in [2.24, 2.45) is 0 Å². The van der Waals surface area contributed by atoms with Gasteiger partial charge in [0.1, 0.15) is 11.6 Å². The number of aromatic nitrogens is 2. The third-order valence-electron chi connectivity index (χ3n) is 2.35. The average molecular weight is 314 g/mol. The van der Waals surface area contributed by atoms with Crippen LogP contribution in [0.1, 0.15) is 17.5 Å². The lowest BCUT2D eigenvalue weighted by Gasteiger charge is -2.00. The maximum absolute atomic E-state index is 11.4. The van der Waals surface area contributed by atoms with E-state index in [-0.39, 0.29) is 24.9 Å². The normalized spacial score (nSPS) is 9.85. The molecular formula is C13H16ClN3O2S. The Kier molecular flexibility index (Phi) is 7.14. The Morgan fingerprint density at radius 2 is 2.05 bits per heavy atom. The molecule has 0 atom stereocenters. The molecule has 7 heteroatoms. The van der Waals surface area contributed by atoms with Crippen LogP contribution in [0.25, 0.3) is 0 Å². The fourth-order valence-electron chi connectivity index (χ4n) is 1.50. The molecule has 2 aromatic rings. The van der Waals surface area contributed by atoms with Crippen molar-refractivity contribution in [1.29, 1.82) is 0 Å². The molecule has 1 amide bonds. The predicted molar refractivity (Wildman–Crippen MR) is 81.5 cm³/mol. The molecule has 0 spiro atoms. The van der Waals surface area contributed by atoms with Gasteiger partial charge in [-0.15, -0.1) is 22.6 Å². The molecule has 20 heavy (non-hydrogen) atoms. The summed E-state index contributed by atoms with van der Waals surface area (Å²) in [6, 6.07) is 10.0. The zero-order chi connectivity index (χ0) is 13.5. The zero-order valence-corrected chi connectivity index (χ0v) is 12.7.